The Bertz CT molecular complexity index is 707. The first-order valence-electron chi connectivity index (χ1n) is 8.56. The Morgan fingerprint density at radius 1 is 1.08 bits per heavy atom. The summed E-state index contributed by atoms with van der Waals surface area (Å²) in [6, 6.07) is 13.8. The number of ether oxygens (including phenoxy) is 1. The van der Waals surface area contributed by atoms with E-state index in [1.807, 2.05) is 63.2 Å². The van der Waals surface area contributed by atoms with Crippen molar-refractivity contribution in [2.24, 2.45) is 0 Å². The number of amides is 1. The number of hydrogen-bond acceptors (Lipinski definition) is 2. The second-order valence-corrected chi connectivity index (χ2v) is 6.44. The van der Waals surface area contributed by atoms with Crippen molar-refractivity contribution in [2.75, 3.05) is 5.32 Å². The Morgan fingerprint density at radius 3 is 2.46 bits per heavy atom. The molecule has 1 N–H and O–H groups in total. The van der Waals surface area contributed by atoms with Crippen LogP contribution in [0.25, 0.3) is 0 Å². The van der Waals surface area contributed by atoms with Crippen LogP contribution < -0.4 is 10.1 Å². The number of hydrogen-bond donors (Lipinski definition) is 1. The summed E-state index contributed by atoms with van der Waals surface area (Å²) < 4.78 is 6.00. The van der Waals surface area contributed by atoms with Gasteiger partial charge in [0, 0.05) is 5.69 Å². The van der Waals surface area contributed by atoms with Gasteiger partial charge in [0.25, 0.3) is 5.91 Å². The smallest absolute Gasteiger partial charge is 0.265 e. The Balaban J connectivity index is 2.16. The maximum Gasteiger partial charge on any atom is 0.265 e. The Kier molecular flexibility index (Phi) is 6.02. The summed E-state index contributed by atoms with van der Waals surface area (Å²) in [6.07, 6.45) is 0.106. The van der Waals surface area contributed by atoms with Gasteiger partial charge in [-0.15, -0.1) is 0 Å². The number of nitrogens with one attached hydrogen (secondary N) is 1. The van der Waals surface area contributed by atoms with Gasteiger partial charge in [-0.05, 0) is 55.0 Å². The number of carbonyl (C=O) groups is 1. The maximum atomic E-state index is 12.7. The second-order valence-electron chi connectivity index (χ2n) is 6.44. The van der Waals surface area contributed by atoms with Crippen LogP contribution in [0.1, 0.15) is 49.8 Å². The van der Waals surface area contributed by atoms with Crippen LogP contribution >= 0.6 is 0 Å². The Hall–Kier alpha value is -2.29. The van der Waals surface area contributed by atoms with Gasteiger partial charge in [-0.3, -0.25) is 4.79 Å². The third-order valence-corrected chi connectivity index (χ3v) is 4.33. The number of aryl methyl sites for hydroxylation is 1. The average molecular weight is 325 g/mol. The van der Waals surface area contributed by atoms with Gasteiger partial charge >= 0.3 is 0 Å². The predicted molar refractivity (Wildman–Crippen MR) is 99.8 cm³/mol. The first-order valence-corrected chi connectivity index (χ1v) is 8.56. The van der Waals surface area contributed by atoms with E-state index in [1.54, 1.807) is 0 Å². The van der Waals surface area contributed by atoms with E-state index in [-0.39, 0.29) is 5.91 Å². The van der Waals surface area contributed by atoms with E-state index in [0.717, 1.165) is 28.1 Å². The summed E-state index contributed by atoms with van der Waals surface area (Å²) in [6.45, 7) is 10.3. The van der Waals surface area contributed by atoms with Gasteiger partial charge < -0.3 is 10.1 Å². The molecule has 2 aromatic carbocycles. The number of rotatable bonds is 6. The lowest BCUT2D eigenvalue weighted by Gasteiger charge is -2.21. The molecule has 0 aromatic heterocycles. The number of carbonyl (C=O) groups excluding carboxylic acids is 1. The van der Waals surface area contributed by atoms with E-state index in [0.29, 0.717) is 12.3 Å². The SMILES string of the molecule is CC[C@H](Oc1cccc(C)c1C)C(=O)Nc1ccccc1C(C)C. The van der Waals surface area contributed by atoms with Crippen molar-refractivity contribution in [3.63, 3.8) is 0 Å². The number of benzene rings is 2. The van der Waals surface area contributed by atoms with Gasteiger partial charge in [-0.2, -0.15) is 0 Å². The lowest BCUT2D eigenvalue weighted by molar-refractivity contribution is -0.122. The summed E-state index contributed by atoms with van der Waals surface area (Å²) in [7, 11) is 0. The molecule has 2 aromatic rings. The van der Waals surface area contributed by atoms with Crippen LogP contribution in [-0.2, 0) is 4.79 Å². The fourth-order valence-electron chi connectivity index (χ4n) is 2.65. The monoisotopic (exact) mass is 325 g/mol. The quantitative estimate of drug-likeness (QED) is 0.790. The van der Waals surface area contributed by atoms with Crippen molar-refractivity contribution >= 4 is 11.6 Å². The molecule has 0 saturated carbocycles. The van der Waals surface area contributed by atoms with Crippen molar-refractivity contribution in [1.29, 1.82) is 0 Å². The molecule has 1 amide bonds. The van der Waals surface area contributed by atoms with Crippen molar-refractivity contribution in [2.45, 2.75) is 53.1 Å². The molecule has 0 aliphatic heterocycles. The van der Waals surface area contributed by atoms with Gasteiger partial charge in [-0.25, -0.2) is 0 Å². The normalized spacial score (nSPS) is 12.1. The molecule has 3 heteroatoms. The molecule has 0 saturated heterocycles. The van der Waals surface area contributed by atoms with E-state index >= 15 is 0 Å². The van der Waals surface area contributed by atoms with Crippen LogP contribution in [-0.4, -0.2) is 12.0 Å². The lowest BCUT2D eigenvalue weighted by atomic mass is 10.0. The van der Waals surface area contributed by atoms with Gasteiger partial charge in [0.2, 0.25) is 0 Å². The summed E-state index contributed by atoms with van der Waals surface area (Å²) in [5.41, 5.74) is 4.23. The van der Waals surface area contributed by atoms with E-state index < -0.39 is 6.10 Å². The summed E-state index contributed by atoms with van der Waals surface area (Å²) in [5, 5.41) is 3.03. The molecule has 0 heterocycles. The van der Waals surface area contributed by atoms with Crippen LogP contribution in [0.3, 0.4) is 0 Å². The van der Waals surface area contributed by atoms with E-state index in [1.165, 1.54) is 0 Å². The lowest BCUT2D eigenvalue weighted by Crippen LogP contribution is -2.33. The highest BCUT2D eigenvalue weighted by molar-refractivity contribution is 5.95. The van der Waals surface area contributed by atoms with Gasteiger partial charge in [-0.1, -0.05) is 51.1 Å². The van der Waals surface area contributed by atoms with Crippen molar-refractivity contribution in [1.82, 2.24) is 0 Å². The third kappa shape index (κ3) is 4.16. The van der Waals surface area contributed by atoms with Crippen molar-refractivity contribution in [3.05, 3.63) is 59.2 Å². The standard InChI is InChI=1S/C21H27NO2/c1-6-19(24-20-13-9-10-15(4)16(20)5)21(23)22-18-12-8-7-11-17(18)14(2)3/h7-14,19H,6H2,1-5H3,(H,22,23)/t19-/m0/s1. The average Bonchev–Trinajstić information content (AvgIpc) is 2.56. The fraction of sp³-hybridized carbons (Fsp3) is 0.381. The molecule has 0 bridgehead atoms. The van der Waals surface area contributed by atoms with E-state index in [2.05, 4.69) is 19.2 Å². The highest BCUT2D eigenvalue weighted by Gasteiger charge is 2.20. The summed E-state index contributed by atoms with van der Waals surface area (Å²) >= 11 is 0. The molecule has 0 fully saturated rings. The largest absolute Gasteiger partial charge is 0.480 e. The van der Waals surface area contributed by atoms with E-state index in [4.69, 9.17) is 4.74 Å². The van der Waals surface area contributed by atoms with Crippen LogP contribution in [0.2, 0.25) is 0 Å². The zero-order valence-electron chi connectivity index (χ0n) is 15.2. The van der Waals surface area contributed by atoms with Crippen LogP contribution in [0.15, 0.2) is 42.5 Å². The van der Waals surface area contributed by atoms with Crippen molar-refractivity contribution < 1.29 is 9.53 Å². The molecule has 0 spiro atoms. The highest BCUT2D eigenvalue weighted by Crippen LogP contribution is 2.25. The molecular weight excluding hydrogens is 298 g/mol. The minimum atomic E-state index is -0.509. The first kappa shape index (κ1) is 18.1. The topological polar surface area (TPSA) is 38.3 Å². The molecule has 1 atom stereocenters. The molecule has 0 aliphatic rings. The molecule has 0 unspecified atom stereocenters. The highest BCUT2D eigenvalue weighted by atomic mass is 16.5. The summed E-state index contributed by atoms with van der Waals surface area (Å²) in [5.74, 6) is 1.02. The molecule has 0 aliphatic carbocycles. The molecule has 0 radical (unpaired) electrons. The van der Waals surface area contributed by atoms with Crippen LogP contribution in [0, 0.1) is 13.8 Å². The Morgan fingerprint density at radius 2 is 1.79 bits per heavy atom. The molecule has 128 valence electrons. The second kappa shape index (κ2) is 8.00. The summed E-state index contributed by atoms with van der Waals surface area (Å²) in [4.78, 5) is 12.7. The van der Waals surface area contributed by atoms with Crippen LogP contribution in [0.4, 0.5) is 5.69 Å². The minimum Gasteiger partial charge on any atom is -0.480 e. The molecule has 2 rings (SSSR count). The zero-order chi connectivity index (χ0) is 17.7. The Labute approximate surface area is 145 Å². The van der Waals surface area contributed by atoms with Gasteiger partial charge in [0.05, 0.1) is 0 Å². The molecule has 3 nitrogen and oxygen atoms in total. The number of anilines is 1. The minimum absolute atomic E-state index is 0.105. The van der Waals surface area contributed by atoms with E-state index in [9.17, 15) is 4.79 Å². The maximum absolute atomic E-state index is 12.7. The first-order chi connectivity index (χ1) is 11.4. The van der Waals surface area contributed by atoms with Crippen molar-refractivity contribution in [3.8, 4) is 5.75 Å². The predicted octanol–water partition coefficient (Wildman–Crippen LogP) is 5.22. The fourth-order valence-corrected chi connectivity index (χ4v) is 2.65. The third-order valence-electron chi connectivity index (χ3n) is 4.33. The number of para-hydroxylation sites is 1. The molecule has 24 heavy (non-hydrogen) atoms. The van der Waals surface area contributed by atoms with Crippen LogP contribution in [0.5, 0.6) is 5.75 Å². The van der Waals surface area contributed by atoms with Gasteiger partial charge in [0.15, 0.2) is 6.10 Å². The van der Waals surface area contributed by atoms with Gasteiger partial charge in [0.1, 0.15) is 5.75 Å². The molecular formula is C21H27NO2. The zero-order valence-corrected chi connectivity index (χ0v) is 15.2.